The summed E-state index contributed by atoms with van der Waals surface area (Å²) >= 11 is 1.20. The minimum absolute atomic E-state index is 0.175. The molecule has 1 saturated heterocycles. The van der Waals surface area contributed by atoms with Gasteiger partial charge in [-0.2, -0.15) is 0 Å². The molecule has 1 N–H and O–H groups in total. The predicted octanol–water partition coefficient (Wildman–Crippen LogP) is 1.41. The second-order valence-corrected chi connectivity index (χ2v) is 5.90. The summed E-state index contributed by atoms with van der Waals surface area (Å²) < 4.78 is 9.97. The molecule has 0 spiro atoms. The second-order valence-electron chi connectivity index (χ2n) is 4.99. The van der Waals surface area contributed by atoms with Crippen molar-refractivity contribution >= 4 is 34.7 Å². The lowest BCUT2D eigenvalue weighted by Gasteiger charge is -2.27. The van der Waals surface area contributed by atoms with Gasteiger partial charge in [0.2, 0.25) is 0 Å². The summed E-state index contributed by atoms with van der Waals surface area (Å²) in [6, 6.07) is 5.00. The number of nitrogens with one attached hydrogen (secondary N) is 1. The summed E-state index contributed by atoms with van der Waals surface area (Å²) in [4.78, 5) is 26.3. The molecule has 0 bridgehead atoms. The third-order valence-electron chi connectivity index (χ3n) is 3.50. The number of ether oxygens (including phenoxy) is 2. The van der Waals surface area contributed by atoms with Gasteiger partial charge in [0.15, 0.2) is 11.5 Å². The lowest BCUT2D eigenvalue weighted by atomic mass is 10.3. The first kappa shape index (κ1) is 16.3. The van der Waals surface area contributed by atoms with Crippen LogP contribution in [0.2, 0.25) is 0 Å². The number of amides is 1. The number of esters is 1. The summed E-state index contributed by atoms with van der Waals surface area (Å²) in [6.45, 7) is 2.80. The molecule has 2 aromatic rings. The van der Waals surface area contributed by atoms with Crippen LogP contribution < -0.4 is 10.2 Å². The van der Waals surface area contributed by atoms with E-state index in [1.165, 1.54) is 18.4 Å². The topological polar surface area (TPSA) is 93.7 Å². The maximum Gasteiger partial charge on any atom is 0.350 e. The molecule has 0 radical (unpaired) electrons. The third kappa shape index (κ3) is 3.52. The van der Waals surface area contributed by atoms with Gasteiger partial charge >= 0.3 is 5.97 Å². The number of nitrogens with zero attached hydrogens (tertiary/aromatic N) is 3. The Hall–Kier alpha value is -2.52. The summed E-state index contributed by atoms with van der Waals surface area (Å²) in [5.41, 5.74) is 0.574. The maximum atomic E-state index is 12.3. The molecular weight excluding hydrogens is 332 g/mol. The van der Waals surface area contributed by atoms with Gasteiger partial charge in [-0.3, -0.25) is 4.79 Å². The first-order chi connectivity index (χ1) is 11.7. The molecule has 8 nitrogen and oxygen atoms in total. The van der Waals surface area contributed by atoms with Crippen LogP contribution in [0.4, 0.5) is 11.5 Å². The molecule has 1 amide bonds. The molecule has 2 aromatic heterocycles. The predicted molar refractivity (Wildman–Crippen MR) is 88.7 cm³/mol. The Balaban J connectivity index is 1.69. The number of rotatable bonds is 4. The molecule has 9 heteroatoms. The van der Waals surface area contributed by atoms with Gasteiger partial charge in [-0.1, -0.05) is 0 Å². The van der Waals surface area contributed by atoms with Gasteiger partial charge in [0.25, 0.3) is 5.91 Å². The van der Waals surface area contributed by atoms with Crippen molar-refractivity contribution in [3.63, 3.8) is 0 Å². The first-order valence-corrected chi connectivity index (χ1v) is 8.20. The average Bonchev–Trinajstić information content (AvgIpc) is 3.10. The monoisotopic (exact) mass is 348 g/mol. The fraction of sp³-hybridized carbons (Fsp3) is 0.333. The van der Waals surface area contributed by atoms with Crippen LogP contribution in [0.3, 0.4) is 0 Å². The van der Waals surface area contributed by atoms with Gasteiger partial charge in [0, 0.05) is 13.1 Å². The van der Waals surface area contributed by atoms with E-state index in [1.54, 1.807) is 23.6 Å². The van der Waals surface area contributed by atoms with E-state index >= 15 is 0 Å². The Kier molecular flexibility index (Phi) is 5.02. The van der Waals surface area contributed by atoms with Crippen LogP contribution in [0.1, 0.15) is 20.2 Å². The van der Waals surface area contributed by atoms with Gasteiger partial charge in [0.1, 0.15) is 4.88 Å². The zero-order chi connectivity index (χ0) is 16.9. The van der Waals surface area contributed by atoms with Crippen molar-refractivity contribution in [3.05, 3.63) is 34.2 Å². The van der Waals surface area contributed by atoms with Crippen molar-refractivity contribution in [2.24, 2.45) is 0 Å². The number of thiophene rings is 1. The number of hydrogen-bond donors (Lipinski definition) is 1. The Morgan fingerprint density at radius 1 is 1.25 bits per heavy atom. The van der Waals surface area contributed by atoms with E-state index < -0.39 is 11.9 Å². The second kappa shape index (κ2) is 7.37. The first-order valence-electron chi connectivity index (χ1n) is 7.32. The van der Waals surface area contributed by atoms with Gasteiger partial charge < -0.3 is 19.7 Å². The quantitative estimate of drug-likeness (QED) is 0.835. The average molecular weight is 348 g/mol. The summed E-state index contributed by atoms with van der Waals surface area (Å²) in [5.74, 6) is -0.214. The molecule has 24 heavy (non-hydrogen) atoms. The highest BCUT2D eigenvalue weighted by atomic mass is 32.1. The van der Waals surface area contributed by atoms with E-state index in [4.69, 9.17) is 4.74 Å². The zero-order valence-electron chi connectivity index (χ0n) is 13.0. The van der Waals surface area contributed by atoms with Crippen LogP contribution in [0.5, 0.6) is 0 Å². The summed E-state index contributed by atoms with van der Waals surface area (Å²) in [7, 11) is 1.30. The van der Waals surface area contributed by atoms with E-state index in [9.17, 15) is 9.59 Å². The van der Waals surface area contributed by atoms with E-state index in [-0.39, 0.29) is 5.69 Å². The number of hydrogen-bond acceptors (Lipinski definition) is 8. The molecule has 0 atom stereocenters. The largest absolute Gasteiger partial charge is 0.465 e. The SMILES string of the molecule is COC(=O)c1sccc1NC(=O)c1ccc(N2CCOCC2)nn1. The number of carbonyl (C=O) groups is 2. The van der Waals surface area contributed by atoms with Gasteiger partial charge in [0.05, 0.1) is 26.0 Å². The molecule has 1 fully saturated rings. The van der Waals surface area contributed by atoms with Crippen molar-refractivity contribution in [1.82, 2.24) is 10.2 Å². The third-order valence-corrected chi connectivity index (χ3v) is 4.40. The Labute approximate surface area is 142 Å². The van der Waals surface area contributed by atoms with E-state index in [1.807, 2.05) is 4.90 Å². The van der Waals surface area contributed by atoms with Gasteiger partial charge in [-0.25, -0.2) is 4.79 Å². The fourth-order valence-electron chi connectivity index (χ4n) is 2.25. The van der Waals surface area contributed by atoms with Gasteiger partial charge in [-0.15, -0.1) is 21.5 Å². The lowest BCUT2D eigenvalue weighted by molar-refractivity contribution is 0.0607. The van der Waals surface area contributed by atoms with Crippen LogP contribution in [-0.4, -0.2) is 55.5 Å². The number of carbonyl (C=O) groups excluding carboxylic acids is 2. The molecule has 126 valence electrons. The van der Waals surface area contributed by atoms with Crippen molar-refractivity contribution in [3.8, 4) is 0 Å². The minimum atomic E-state index is -0.492. The van der Waals surface area contributed by atoms with Crippen LogP contribution in [0.25, 0.3) is 0 Å². The lowest BCUT2D eigenvalue weighted by Crippen LogP contribution is -2.37. The van der Waals surface area contributed by atoms with Crippen molar-refractivity contribution in [2.45, 2.75) is 0 Å². The molecule has 0 saturated carbocycles. The fourth-order valence-corrected chi connectivity index (χ4v) is 3.02. The number of methoxy groups -OCH3 is 1. The van der Waals surface area contributed by atoms with Crippen LogP contribution in [0, 0.1) is 0 Å². The Morgan fingerprint density at radius 2 is 2.04 bits per heavy atom. The molecule has 0 unspecified atom stereocenters. The van der Waals surface area contributed by atoms with Crippen LogP contribution in [0.15, 0.2) is 23.6 Å². The molecular formula is C15H16N4O4S. The standard InChI is InChI=1S/C15H16N4O4S/c1-22-15(21)13-10(4-9-24-13)16-14(20)11-2-3-12(18-17-11)19-5-7-23-8-6-19/h2-4,9H,5-8H2,1H3,(H,16,20). The normalized spacial score (nSPS) is 14.3. The zero-order valence-corrected chi connectivity index (χ0v) is 13.8. The summed E-state index contributed by atoms with van der Waals surface area (Å²) in [5, 5.41) is 12.4. The highest BCUT2D eigenvalue weighted by Gasteiger charge is 2.18. The van der Waals surface area contributed by atoms with E-state index in [2.05, 4.69) is 20.3 Å². The van der Waals surface area contributed by atoms with E-state index in [0.717, 1.165) is 13.1 Å². The van der Waals surface area contributed by atoms with Crippen LogP contribution in [-0.2, 0) is 9.47 Å². The van der Waals surface area contributed by atoms with Gasteiger partial charge in [-0.05, 0) is 23.6 Å². The molecule has 3 heterocycles. The number of aromatic nitrogens is 2. The molecule has 0 aliphatic carbocycles. The molecule has 0 aromatic carbocycles. The van der Waals surface area contributed by atoms with Crippen molar-refractivity contribution in [1.29, 1.82) is 0 Å². The smallest absolute Gasteiger partial charge is 0.350 e. The maximum absolute atomic E-state index is 12.3. The summed E-state index contributed by atoms with van der Waals surface area (Å²) in [6.07, 6.45) is 0. The molecule has 1 aliphatic rings. The van der Waals surface area contributed by atoms with E-state index in [0.29, 0.717) is 29.6 Å². The molecule has 3 rings (SSSR count). The van der Waals surface area contributed by atoms with Crippen molar-refractivity contribution < 1.29 is 19.1 Å². The Morgan fingerprint density at radius 3 is 2.71 bits per heavy atom. The van der Waals surface area contributed by atoms with Crippen molar-refractivity contribution in [2.75, 3.05) is 43.6 Å². The molecule has 1 aliphatic heterocycles. The Bertz CT molecular complexity index is 725. The highest BCUT2D eigenvalue weighted by Crippen LogP contribution is 2.23. The number of anilines is 2. The minimum Gasteiger partial charge on any atom is -0.465 e. The number of morpholine rings is 1. The van der Waals surface area contributed by atoms with Crippen LogP contribution >= 0.6 is 11.3 Å². The highest BCUT2D eigenvalue weighted by molar-refractivity contribution is 7.12.